The maximum atomic E-state index is 12.4. The first-order valence-electron chi connectivity index (χ1n) is 8.14. The van der Waals surface area contributed by atoms with Crippen LogP contribution in [-0.4, -0.2) is 68.0 Å². The van der Waals surface area contributed by atoms with Gasteiger partial charge in [-0.15, -0.1) is 5.10 Å². The number of likely N-dealkylation sites (tertiary alicyclic amines) is 1. The molecule has 1 saturated heterocycles. The second kappa shape index (κ2) is 8.17. The Hall–Kier alpha value is -2.62. The molecule has 0 unspecified atom stereocenters. The maximum Gasteiger partial charge on any atom is 0.308 e. The molecule has 0 radical (unpaired) electrons. The summed E-state index contributed by atoms with van der Waals surface area (Å²) in [6, 6.07) is 6.47. The van der Waals surface area contributed by atoms with Crippen molar-refractivity contribution < 1.29 is 19.4 Å². The van der Waals surface area contributed by atoms with Crippen LogP contribution in [-0.2, 0) is 14.3 Å². The van der Waals surface area contributed by atoms with Crippen molar-refractivity contribution in [2.24, 2.45) is 5.92 Å². The molecule has 1 amide bonds. The van der Waals surface area contributed by atoms with E-state index in [9.17, 15) is 14.7 Å². The van der Waals surface area contributed by atoms with Crippen LogP contribution in [0.5, 0.6) is 5.75 Å². The Labute approximate surface area is 154 Å². The fourth-order valence-corrected chi connectivity index (χ4v) is 3.57. The van der Waals surface area contributed by atoms with Crippen molar-refractivity contribution in [2.45, 2.75) is 18.0 Å². The van der Waals surface area contributed by atoms with Gasteiger partial charge in [0.1, 0.15) is 5.75 Å². The Morgan fingerprint density at radius 3 is 2.62 bits per heavy atom. The number of esters is 1. The van der Waals surface area contributed by atoms with Crippen LogP contribution in [0.2, 0.25) is 0 Å². The quantitative estimate of drug-likeness (QED) is 0.604. The highest BCUT2D eigenvalue weighted by molar-refractivity contribution is 7.99. The van der Waals surface area contributed by atoms with Crippen LogP contribution >= 0.6 is 11.8 Å². The van der Waals surface area contributed by atoms with E-state index in [1.807, 2.05) is 0 Å². The van der Waals surface area contributed by atoms with Crippen molar-refractivity contribution in [1.29, 1.82) is 0 Å². The van der Waals surface area contributed by atoms with Gasteiger partial charge in [-0.25, -0.2) is 0 Å². The molecule has 1 aromatic carbocycles. The average Bonchev–Trinajstić information content (AvgIpc) is 3.14. The van der Waals surface area contributed by atoms with Gasteiger partial charge in [0.25, 0.3) is 0 Å². The van der Waals surface area contributed by atoms with Crippen molar-refractivity contribution >= 4 is 23.6 Å². The molecule has 9 nitrogen and oxygen atoms in total. The predicted octanol–water partition coefficient (Wildman–Crippen LogP) is 0.872. The number of aromatic hydroxyl groups is 1. The SMILES string of the molecule is COC(=O)C1CCN(C(=O)CSc2nnnn2-c2ccc(O)cc2)CC1. The number of piperidine rings is 1. The number of hydrogen-bond acceptors (Lipinski definition) is 8. The summed E-state index contributed by atoms with van der Waals surface area (Å²) in [4.78, 5) is 25.7. The van der Waals surface area contributed by atoms with Gasteiger partial charge in [-0.05, 0) is 47.5 Å². The summed E-state index contributed by atoms with van der Waals surface area (Å²) in [5.74, 6) is 0.0135. The van der Waals surface area contributed by atoms with Gasteiger partial charge < -0.3 is 14.7 Å². The molecule has 138 valence electrons. The molecule has 0 atom stereocenters. The van der Waals surface area contributed by atoms with E-state index in [1.165, 1.54) is 23.6 Å². The molecule has 1 aromatic heterocycles. The lowest BCUT2D eigenvalue weighted by atomic mass is 9.97. The van der Waals surface area contributed by atoms with Gasteiger partial charge in [-0.1, -0.05) is 11.8 Å². The predicted molar refractivity (Wildman–Crippen MR) is 92.9 cm³/mol. The fourth-order valence-electron chi connectivity index (χ4n) is 2.77. The highest BCUT2D eigenvalue weighted by atomic mass is 32.2. The minimum atomic E-state index is -0.209. The van der Waals surface area contributed by atoms with Crippen LogP contribution < -0.4 is 0 Å². The fraction of sp³-hybridized carbons (Fsp3) is 0.438. The van der Waals surface area contributed by atoms with Crippen molar-refractivity contribution in [1.82, 2.24) is 25.1 Å². The second-order valence-corrected chi connectivity index (χ2v) is 6.80. The highest BCUT2D eigenvalue weighted by Crippen LogP contribution is 2.22. The van der Waals surface area contributed by atoms with E-state index in [2.05, 4.69) is 15.5 Å². The number of hydrogen-bond donors (Lipinski definition) is 1. The minimum Gasteiger partial charge on any atom is -0.508 e. The Kier molecular flexibility index (Phi) is 5.71. The summed E-state index contributed by atoms with van der Waals surface area (Å²) in [7, 11) is 1.38. The Morgan fingerprint density at radius 1 is 1.27 bits per heavy atom. The first-order chi connectivity index (χ1) is 12.6. The number of rotatable bonds is 5. The van der Waals surface area contributed by atoms with Crippen molar-refractivity contribution in [2.75, 3.05) is 26.0 Å². The summed E-state index contributed by atoms with van der Waals surface area (Å²) in [6.07, 6.45) is 1.24. The van der Waals surface area contributed by atoms with E-state index in [1.54, 1.807) is 29.2 Å². The molecule has 0 saturated carbocycles. The first-order valence-corrected chi connectivity index (χ1v) is 9.13. The van der Waals surface area contributed by atoms with Crippen LogP contribution in [0.25, 0.3) is 5.69 Å². The zero-order valence-corrected chi connectivity index (χ0v) is 15.1. The molecule has 0 aliphatic carbocycles. The standard InChI is InChI=1S/C16H19N5O4S/c1-25-15(24)11-6-8-20(9-7-11)14(23)10-26-16-17-18-19-21(16)12-2-4-13(22)5-3-12/h2-5,11,22H,6-10H2,1H3. The number of benzene rings is 1. The van der Waals surface area contributed by atoms with Crippen LogP contribution in [0.1, 0.15) is 12.8 Å². The number of aromatic nitrogens is 4. The Morgan fingerprint density at radius 2 is 1.96 bits per heavy atom. The van der Waals surface area contributed by atoms with Crippen molar-refractivity contribution in [3.8, 4) is 11.4 Å². The van der Waals surface area contributed by atoms with Gasteiger partial charge in [-0.2, -0.15) is 4.68 Å². The largest absolute Gasteiger partial charge is 0.508 e. The zero-order chi connectivity index (χ0) is 18.5. The van der Waals surface area contributed by atoms with Gasteiger partial charge in [0.05, 0.1) is 24.5 Å². The molecule has 10 heteroatoms. The van der Waals surface area contributed by atoms with E-state index in [0.29, 0.717) is 36.8 Å². The van der Waals surface area contributed by atoms with Gasteiger partial charge in [0.2, 0.25) is 11.1 Å². The van der Waals surface area contributed by atoms with E-state index < -0.39 is 0 Å². The summed E-state index contributed by atoms with van der Waals surface area (Å²) in [6.45, 7) is 1.09. The number of tetrazole rings is 1. The molecule has 2 aromatic rings. The number of phenols is 1. The smallest absolute Gasteiger partial charge is 0.308 e. The number of carbonyl (C=O) groups excluding carboxylic acids is 2. The third kappa shape index (κ3) is 4.13. The van der Waals surface area contributed by atoms with Crippen LogP contribution in [0.15, 0.2) is 29.4 Å². The summed E-state index contributed by atoms with van der Waals surface area (Å²) in [5, 5.41) is 21.4. The van der Waals surface area contributed by atoms with Crippen LogP contribution in [0.4, 0.5) is 0 Å². The van der Waals surface area contributed by atoms with Crippen molar-refractivity contribution in [3.05, 3.63) is 24.3 Å². The number of amides is 1. The number of nitrogens with zero attached hydrogens (tertiary/aromatic N) is 5. The summed E-state index contributed by atoms with van der Waals surface area (Å²) >= 11 is 1.25. The monoisotopic (exact) mass is 377 g/mol. The third-order valence-corrected chi connectivity index (χ3v) is 5.15. The lowest BCUT2D eigenvalue weighted by Gasteiger charge is -2.30. The molecular weight excluding hydrogens is 358 g/mol. The lowest BCUT2D eigenvalue weighted by molar-refractivity contribution is -0.148. The minimum absolute atomic E-state index is 0.0152. The molecule has 1 aliphatic heterocycles. The molecule has 1 aliphatic rings. The summed E-state index contributed by atoms with van der Waals surface area (Å²) < 4.78 is 6.27. The molecule has 3 rings (SSSR count). The van der Waals surface area contributed by atoms with E-state index in [-0.39, 0.29) is 29.3 Å². The average molecular weight is 377 g/mol. The highest BCUT2D eigenvalue weighted by Gasteiger charge is 2.28. The molecule has 0 spiro atoms. The number of thioether (sulfide) groups is 1. The maximum absolute atomic E-state index is 12.4. The van der Waals surface area contributed by atoms with Gasteiger partial charge in [0.15, 0.2) is 0 Å². The van der Waals surface area contributed by atoms with E-state index in [0.717, 1.165) is 0 Å². The Balaban J connectivity index is 1.55. The van der Waals surface area contributed by atoms with E-state index in [4.69, 9.17) is 4.74 Å². The van der Waals surface area contributed by atoms with Gasteiger partial charge in [0, 0.05) is 13.1 Å². The number of methoxy groups -OCH3 is 1. The van der Waals surface area contributed by atoms with Crippen molar-refractivity contribution in [3.63, 3.8) is 0 Å². The molecule has 1 fully saturated rings. The number of ether oxygens (including phenoxy) is 1. The molecule has 26 heavy (non-hydrogen) atoms. The summed E-state index contributed by atoms with van der Waals surface area (Å²) in [5.41, 5.74) is 0.696. The number of carbonyl (C=O) groups is 2. The molecule has 0 bridgehead atoms. The van der Waals surface area contributed by atoms with Gasteiger partial charge >= 0.3 is 5.97 Å². The lowest BCUT2D eigenvalue weighted by Crippen LogP contribution is -2.41. The molecule has 2 heterocycles. The van der Waals surface area contributed by atoms with Gasteiger partial charge in [-0.3, -0.25) is 9.59 Å². The number of phenolic OH excluding ortho intramolecular Hbond substituents is 1. The van der Waals surface area contributed by atoms with E-state index >= 15 is 0 Å². The Bertz CT molecular complexity index is 771. The molecule has 1 N–H and O–H groups in total. The molecular formula is C16H19N5O4S. The third-order valence-electron chi connectivity index (χ3n) is 4.24. The normalized spacial score (nSPS) is 15.0. The zero-order valence-electron chi connectivity index (χ0n) is 14.2. The van der Waals surface area contributed by atoms with Crippen LogP contribution in [0.3, 0.4) is 0 Å². The first kappa shape index (κ1) is 18.2. The topological polar surface area (TPSA) is 110 Å². The van der Waals surface area contributed by atoms with Crippen LogP contribution in [0, 0.1) is 5.92 Å². The second-order valence-electron chi connectivity index (χ2n) is 5.86.